The second-order valence-electron chi connectivity index (χ2n) is 3.46. The maximum absolute atomic E-state index is 5.55. The van der Waals surface area contributed by atoms with E-state index in [1.54, 1.807) is 0 Å². The molecule has 0 fully saturated rings. The fraction of sp³-hybridized carbons (Fsp3) is 0.364. The third kappa shape index (κ3) is 2.10. The van der Waals surface area contributed by atoms with E-state index in [-0.39, 0.29) is 0 Å². The van der Waals surface area contributed by atoms with Crippen LogP contribution in [0.4, 0.5) is 0 Å². The Morgan fingerprint density at radius 1 is 1.47 bits per heavy atom. The minimum atomic E-state index is 0.808. The Morgan fingerprint density at radius 3 is 3.00 bits per heavy atom. The molecule has 0 aliphatic heterocycles. The van der Waals surface area contributed by atoms with Gasteiger partial charge >= 0.3 is 0 Å². The molecule has 4 heteroatoms. The normalized spacial score (nSPS) is 10.8. The Kier molecular flexibility index (Phi) is 2.87. The molecule has 2 rings (SSSR count). The van der Waals surface area contributed by atoms with Crippen LogP contribution < -0.4 is 5.32 Å². The maximum Gasteiger partial charge on any atom is 0.152 e. The van der Waals surface area contributed by atoms with Crippen molar-refractivity contribution >= 4 is 0 Å². The number of furan rings is 1. The first-order valence-electron chi connectivity index (χ1n) is 5.11. The zero-order chi connectivity index (χ0) is 10.7. The lowest BCUT2D eigenvalue weighted by Gasteiger charge is -2.00. The third-order valence-corrected chi connectivity index (χ3v) is 2.27. The van der Waals surface area contributed by atoms with Crippen molar-refractivity contribution in [3.63, 3.8) is 0 Å². The van der Waals surface area contributed by atoms with Crippen molar-refractivity contribution in [2.45, 2.75) is 20.4 Å². The molecule has 0 atom stereocenters. The van der Waals surface area contributed by atoms with Crippen molar-refractivity contribution in [2.24, 2.45) is 0 Å². The van der Waals surface area contributed by atoms with Gasteiger partial charge in [-0.25, -0.2) is 0 Å². The molecule has 80 valence electrons. The monoisotopic (exact) mass is 205 g/mol. The van der Waals surface area contributed by atoms with E-state index in [1.165, 1.54) is 0 Å². The molecule has 0 bridgehead atoms. The SMILES string of the molecule is CCNCc1cn[nH]c1-c1ccc(C)o1. The number of nitrogens with one attached hydrogen (secondary N) is 2. The van der Waals surface area contributed by atoms with Crippen molar-refractivity contribution < 1.29 is 4.42 Å². The summed E-state index contributed by atoms with van der Waals surface area (Å²) in [7, 11) is 0. The average molecular weight is 205 g/mol. The summed E-state index contributed by atoms with van der Waals surface area (Å²) >= 11 is 0. The quantitative estimate of drug-likeness (QED) is 0.803. The Bertz CT molecular complexity index is 430. The van der Waals surface area contributed by atoms with Crippen LogP contribution in [-0.2, 0) is 6.54 Å². The summed E-state index contributed by atoms with van der Waals surface area (Å²) in [6, 6.07) is 3.91. The minimum Gasteiger partial charge on any atom is -0.460 e. The smallest absolute Gasteiger partial charge is 0.152 e. The number of aryl methyl sites for hydroxylation is 1. The highest BCUT2D eigenvalue weighted by Crippen LogP contribution is 2.22. The van der Waals surface area contributed by atoms with Crippen molar-refractivity contribution in [2.75, 3.05) is 6.54 Å². The summed E-state index contributed by atoms with van der Waals surface area (Å²) in [5.41, 5.74) is 2.09. The molecule has 0 radical (unpaired) electrons. The van der Waals surface area contributed by atoms with Gasteiger partial charge in [0.1, 0.15) is 11.5 Å². The van der Waals surface area contributed by atoms with E-state index in [1.807, 2.05) is 25.3 Å². The van der Waals surface area contributed by atoms with E-state index in [0.717, 1.165) is 35.9 Å². The van der Waals surface area contributed by atoms with E-state index in [0.29, 0.717) is 0 Å². The van der Waals surface area contributed by atoms with Gasteiger partial charge in [-0.3, -0.25) is 5.10 Å². The van der Waals surface area contributed by atoms with Gasteiger partial charge in [-0.15, -0.1) is 0 Å². The Labute approximate surface area is 88.7 Å². The lowest BCUT2D eigenvalue weighted by molar-refractivity contribution is 0.545. The van der Waals surface area contributed by atoms with E-state index in [2.05, 4.69) is 22.4 Å². The third-order valence-electron chi connectivity index (χ3n) is 2.27. The van der Waals surface area contributed by atoms with Crippen LogP contribution in [0.2, 0.25) is 0 Å². The van der Waals surface area contributed by atoms with Crippen LogP contribution in [0.25, 0.3) is 11.5 Å². The fourth-order valence-corrected chi connectivity index (χ4v) is 1.49. The number of rotatable bonds is 4. The van der Waals surface area contributed by atoms with Crippen molar-refractivity contribution in [1.29, 1.82) is 0 Å². The molecule has 2 N–H and O–H groups in total. The second-order valence-corrected chi connectivity index (χ2v) is 3.46. The fourth-order valence-electron chi connectivity index (χ4n) is 1.49. The molecule has 0 spiro atoms. The van der Waals surface area contributed by atoms with Gasteiger partial charge in [0.05, 0.1) is 6.20 Å². The summed E-state index contributed by atoms with van der Waals surface area (Å²) in [6.07, 6.45) is 1.83. The Balaban J connectivity index is 2.24. The van der Waals surface area contributed by atoms with Gasteiger partial charge in [0.15, 0.2) is 5.76 Å². The lowest BCUT2D eigenvalue weighted by Crippen LogP contribution is -2.11. The molecule has 2 aromatic heterocycles. The molecule has 0 aliphatic rings. The zero-order valence-corrected chi connectivity index (χ0v) is 9.00. The average Bonchev–Trinajstić information content (AvgIpc) is 2.82. The molecule has 0 saturated heterocycles. The van der Waals surface area contributed by atoms with Crippen LogP contribution in [0.1, 0.15) is 18.2 Å². The van der Waals surface area contributed by atoms with Gasteiger partial charge in [0.2, 0.25) is 0 Å². The highest BCUT2D eigenvalue weighted by atomic mass is 16.3. The summed E-state index contributed by atoms with van der Waals surface area (Å²) in [5.74, 6) is 1.76. The minimum absolute atomic E-state index is 0.808. The number of H-pyrrole nitrogens is 1. The predicted octanol–water partition coefficient (Wildman–Crippen LogP) is 2.09. The van der Waals surface area contributed by atoms with E-state index in [4.69, 9.17) is 4.42 Å². The lowest BCUT2D eigenvalue weighted by atomic mass is 10.2. The van der Waals surface area contributed by atoms with Crippen LogP contribution in [0, 0.1) is 6.92 Å². The van der Waals surface area contributed by atoms with Crippen LogP contribution in [0.3, 0.4) is 0 Å². The molecule has 0 aromatic carbocycles. The maximum atomic E-state index is 5.55. The van der Waals surface area contributed by atoms with Crippen LogP contribution >= 0.6 is 0 Å². The first kappa shape index (κ1) is 9.98. The molecule has 0 amide bonds. The molecule has 0 aliphatic carbocycles. The number of aromatic amines is 1. The number of hydrogen-bond donors (Lipinski definition) is 2. The van der Waals surface area contributed by atoms with Gasteiger partial charge in [-0.05, 0) is 25.6 Å². The molecule has 2 aromatic rings. The van der Waals surface area contributed by atoms with Crippen LogP contribution in [0.5, 0.6) is 0 Å². The molecule has 15 heavy (non-hydrogen) atoms. The summed E-state index contributed by atoms with van der Waals surface area (Å²) < 4.78 is 5.55. The highest BCUT2D eigenvalue weighted by molar-refractivity contribution is 5.56. The van der Waals surface area contributed by atoms with Gasteiger partial charge in [0.25, 0.3) is 0 Å². The molecule has 0 saturated carbocycles. The summed E-state index contributed by atoms with van der Waals surface area (Å²) in [6.45, 7) is 5.77. The van der Waals surface area contributed by atoms with Crippen LogP contribution in [0.15, 0.2) is 22.7 Å². The Hall–Kier alpha value is -1.55. The van der Waals surface area contributed by atoms with Crippen LogP contribution in [-0.4, -0.2) is 16.7 Å². The van der Waals surface area contributed by atoms with E-state index >= 15 is 0 Å². The van der Waals surface area contributed by atoms with Crippen molar-refractivity contribution in [3.05, 3.63) is 29.7 Å². The molecule has 4 nitrogen and oxygen atoms in total. The number of nitrogens with zero attached hydrogens (tertiary/aromatic N) is 1. The zero-order valence-electron chi connectivity index (χ0n) is 9.00. The largest absolute Gasteiger partial charge is 0.460 e. The first-order valence-corrected chi connectivity index (χ1v) is 5.11. The van der Waals surface area contributed by atoms with Gasteiger partial charge < -0.3 is 9.73 Å². The van der Waals surface area contributed by atoms with Gasteiger partial charge in [-0.2, -0.15) is 5.10 Å². The molecular weight excluding hydrogens is 190 g/mol. The number of hydrogen-bond acceptors (Lipinski definition) is 3. The molecular formula is C11H15N3O. The predicted molar refractivity (Wildman–Crippen MR) is 58.4 cm³/mol. The molecule has 0 unspecified atom stereocenters. The topological polar surface area (TPSA) is 53.9 Å². The van der Waals surface area contributed by atoms with Gasteiger partial charge in [-0.1, -0.05) is 6.92 Å². The summed E-state index contributed by atoms with van der Waals surface area (Å²) in [5, 5.41) is 10.3. The van der Waals surface area contributed by atoms with E-state index < -0.39 is 0 Å². The molecule has 2 heterocycles. The second kappa shape index (κ2) is 4.31. The van der Waals surface area contributed by atoms with Crippen molar-refractivity contribution in [3.8, 4) is 11.5 Å². The first-order chi connectivity index (χ1) is 7.31. The summed E-state index contributed by atoms with van der Waals surface area (Å²) in [4.78, 5) is 0. The van der Waals surface area contributed by atoms with E-state index in [9.17, 15) is 0 Å². The Morgan fingerprint density at radius 2 is 2.33 bits per heavy atom. The highest BCUT2D eigenvalue weighted by Gasteiger charge is 2.10. The van der Waals surface area contributed by atoms with Crippen molar-refractivity contribution in [1.82, 2.24) is 15.5 Å². The standard InChI is InChI=1S/C11H15N3O/c1-3-12-6-9-7-13-14-11(9)10-5-4-8(2)15-10/h4-5,7,12H,3,6H2,1-2H3,(H,13,14). The number of aromatic nitrogens is 2. The van der Waals surface area contributed by atoms with Gasteiger partial charge in [0, 0.05) is 12.1 Å².